The molecule has 1 unspecified atom stereocenters. The first kappa shape index (κ1) is 30.9. The first-order valence-corrected chi connectivity index (χ1v) is 16.0. The molecule has 0 spiro atoms. The number of nitriles is 1. The highest BCUT2D eigenvalue weighted by atomic mass is 32.2. The quantitative estimate of drug-likeness (QED) is 0.228. The molecule has 0 aliphatic carbocycles. The Morgan fingerprint density at radius 1 is 1.05 bits per heavy atom. The number of thioether (sulfide) groups is 1. The van der Waals surface area contributed by atoms with Crippen LogP contribution in [0.1, 0.15) is 69.6 Å². The average molecular weight is 592 g/mol. The highest BCUT2D eigenvalue weighted by Crippen LogP contribution is 2.37. The summed E-state index contributed by atoms with van der Waals surface area (Å²) in [6.07, 6.45) is 6.98. The van der Waals surface area contributed by atoms with E-state index >= 15 is 0 Å². The minimum absolute atomic E-state index is 0.0825. The summed E-state index contributed by atoms with van der Waals surface area (Å²) in [4.78, 5) is 34.1. The third-order valence-electron chi connectivity index (χ3n) is 8.13. The van der Waals surface area contributed by atoms with Gasteiger partial charge in [0.15, 0.2) is 0 Å². The normalized spacial score (nSPS) is 17.4. The molecule has 1 aromatic carbocycles. The van der Waals surface area contributed by atoms with Gasteiger partial charge in [-0.2, -0.15) is 5.26 Å². The Morgan fingerprint density at radius 3 is 2.34 bits per heavy atom. The zero-order chi connectivity index (χ0) is 29.5. The van der Waals surface area contributed by atoms with Crippen LogP contribution in [0.25, 0.3) is 6.08 Å². The van der Waals surface area contributed by atoms with Crippen molar-refractivity contribution >= 4 is 51.8 Å². The number of hydrogen-bond acceptors (Lipinski definition) is 7. The first-order valence-electron chi connectivity index (χ1n) is 14.8. The maximum Gasteiger partial charge on any atom is 0.270 e. The maximum absolute atomic E-state index is 13.7. The van der Waals surface area contributed by atoms with E-state index in [1.165, 1.54) is 17.4 Å². The van der Waals surface area contributed by atoms with E-state index in [1.807, 2.05) is 38.1 Å². The number of nitrogens with zero attached hydrogens (tertiary/aromatic N) is 5. The largest absolute Gasteiger partial charge is 0.368 e. The zero-order valence-corrected chi connectivity index (χ0v) is 26.3. The predicted octanol–water partition coefficient (Wildman–Crippen LogP) is 6.18. The number of para-hydroxylation sites is 1. The molecule has 4 rings (SSSR count). The van der Waals surface area contributed by atoms with E-state index in [9.17, 15) is 14.9 Å². The van der Waals surface area contributed by atoms with Crippen LogP contribution >= 0.6 is 24.0 Å². The van der Waals surface area contributed by atoms with Crippen molar-refractivity contribution in [2.45, 2.75) is 66.3 Å². The Balaban J connectivity index is 1.73. The highest BCUT2D eigenvalue weighted by Gasteiger charge is 2.34. The molecule has 41 heavy (non-hydrogen) atoms. The van der Waals surface area contributed by atoms with Gasteiger partial charge in [0, 0.05) is 50.5 Å². The van der Waals surface area contributed by atoms with Crippen molar-refractivity contribution in [3.63, 3.8) is 0 Å². The number of carbonyl (C=O) groups is 1. The summed E-state index contributed by atoms with van der Waals surface area (Å²) in [5, 5.41) is 9.97. The summed E-state index contributed by atoms with van der Waals surface area (Å²) in [5.74, 6) is 1.12. The van der Waals surface area contributed by atoms with Crippen LogP contribution in [0.4, 0.5) is 11.5 Å². The number of hydrogen-bond donors (Lipinski definition) is 0. The average Bonchev–Trinajstić information content (AvgIpc) is 3.25. The van der Waals surface area contributed by atoms with Gasteiger partial charge in [0.2, 0.25) is 0 Å². The summed E-state index contributed by atoms with van der Waals surface area (Å²) >= 11 is 7.00. The molecule has 2 aromatic rings. The van der Waals surface area contributed by atoms with Crippen LogP contribution in [0.5, 0.6) is 0 Å². The standard InChI is InChI=1S/C32H41N5O2S2/c1-5-8-12-24(7-3)22-37-31(39)28(41-32(37)40)20-26-23(4)27(21-33)30(38)36(15-6-2)29(26)35-18-16-34(17-19-35)25-13-10-9-11-14-25/h9-11,13-14,20,24H,5-8,12,15-19,22H2,1-4H3. The van der Waals surface area contributed by atoms with Crippen LogP contribution in [-0.4, -0.2) is 52.4 Å². The lowest BCUT2D eigenvalue weighted by molar-refractivity contribution is -0.122. The van der Waals surface area contributed by atoms with Gasteiger partial charge < -0.3 is 9.80 Å². The van der Waals surface area contributed by atoms with Crippen molar-refractivity contribution in [3.05, 3.63) is 62.3 Å². The molecule has 3 heterocycles. The second-order valence-electron chi connectivity index (χ2n) is 10.8. The molecule has 2 aliphatic heterocycles. The molecule has 7 nitrogen and oxygen atoms in total. The molecule has 218 valence electrons. The van der Waals surface area contributed by atoms with Crippen LogP contribution in [0.15, 0.2) is 40.0 Å². The van der Waals surface area contributed by atoms with Gasteiger partial charge in [-0.3, -0.25) is 19.1 Å². The lowest BCUT2D eigenvalue weighted by Gasteiger charge is -2.39. The fourth-order valence-electron chi connectivity index (χ4n) is 5.70. The SMILES string of the molecule is CCCCC(CC)CN1C(=O)C(=Cc2c(C)c(C#N)c(=O)n(CCC)c2N2CCN(c3ccccc3)CC2)SC1=S. The minimum Gasteiger partial charge on any atom is -0.368 e. The minimum atomic E-state index is -0.265. The molecule has 0 N–H and O–H groups in total. The molecule has 0 saturated carbocycles. The zero-order valence-electron chi connectivity index (χ0n) is 24.7. The Bertz CT molecular complexity index is 1390. The lowest BCUT2D eigenvalue weighted by Crippen LogP contribution is -2.48. The van der Waals surface area contributed by atoms with Crippen LogP contribution in [0.2, 0.25) is 0 Å². The Hall–Kier alpha value is -3.09. The van der Waals surface area contributed by atoms with Gasteiger partial charge >= 0.3 is 0 Å². The molecule has 1 amide bonds. The van der Waals surface area contributed by atoms with E-state index in [-0.39, 0.29) is 17.0 Å². The van der Waals surface area contributed by atoms with E-state index in [0.717, 1.165) is 69.7 Å². The van der Waals surface area contributed by atoms with Crippen molar-refractivity contribution in [2.24, 2.45) is 5.92 Å². The molecule has 0 radical (unpaired) electrons. The molecule has 1 aromatic heterocycles. The second kappa shape index (κ2) is 14.2. The smallest absolute Gasteiger partial charge is 0.270 e. The summed E-state index contributed by atoms with van der Waals surface area (Å²) in [6, 6.07) is 12.5. The van der Waals surface area contributed by atoms with Crippen LogP contribution in [0, 0.1) is 24.2 Å². The van der Waals surface area contributed by atoms with Gasteiger partial charge in [-0.25, -0.2) is 0 Å². The van der Waals surface area contributed by atoms with E-state index in [1.54, 1.807) is 9.47 Å². The number of benzene rings is 1. The van der Waals surface area contributed by atoms with E-state index in [0.29, 0.717) is 33.8 Å². The number of rotatable bonds is 11. The van der Waals surface area contributed by atoms with Crippen molar-refractivity contribution in [1.29, 1.82) is 5.26 Å². The predicted molar refractivity (Wildman–Crippen MR) is 174 cm³/mol. The van der Waals surface area contributed by atoms with Gasteiger partial charge in [-0.05, 0) is 49.5 Å². The van der Waals surface area contributed by atoms with Gasteiger partial charge in [0.05, 0.1) is 4.91 Å². The van der Waals surface area contributed by atoms with Gasteiger partial charge in [0.25, 0.3) is 11.5 Å². The van der Waals surface area contributed by atoms with Crippen LogP contribution < -0.4 is 15.4 Å². The molecular formula is C32H41N5O2S2. The number of piperazine rings is 1. The monoisotopic (exact) mass is 591 g/mol. The molecule has 1 atom stereocenters. The Morgan fingerprint density at radius 2 is 1.73 bits per heavy atom. The maximum atomic E-state index is 13.7. The molecule has 2 aliphatic rings. The molecular weight excluding hydrogens is 551 g/mol. The summed E-state index contributed by atoms with van der Waals surface area (Å²) in [5.41, 5.74) is 2.44. The second-order valence-corrected chi connectivity index (χ2v) is 12.5. The molecule has 2 fully saturated rings. The fraction of sp³-hybridized carbons (Fsp3) is 0.500. The highest BCUT2D eigenvalue weighted by molar-refractivity contribution is 8.26. The Labute approximate surface area is 253 Å². The first-order chi connectivity index (χ1) is 19.8. The fourth-order valence-corrected chi connectivity index (χ4v) is 6.95. The topological polar surface area (TPSA) is 72.6 Å². The molecule has 2 saturated heterocycles. The van der Waals surface area contributed by atoms with Gasteiger partial charge in [-0.15, -0.1) is 0 Å². The number of carbonyl (C=O) groups excluding carboxylic acids is 1. The number of anilines is 2. The van der Waals surface area contributed by atoms with E-state index in [4.69, 9.17) is 12.2 Å². The Kier molecular flexibility index (Phi) is 10.7. The van der Waals surface area contributed by atoms with E-state index < -0.39 is 0 Å². The summed E-state index contributed by atoms with van der Waals surface area (Å²) in [7, 11) is 0. The van der Waals surface area contributed by atoms with E-state index in [2.05, 4.69) is 41.8 Å². The van der Waals surface area contributed by atoms with Crippen molar-refractivity contribution < 1.29 is 4.79 Å². The lowest BCUT2D eigenvalue weighted by atomic mass is 9.99. The van der Waals surface area contributed by atoms with Crippen molar-refractivity contribution in [2.75, 3.05) is 42.5 Å². The van der Waals surface area contributed by atoms with Crippen molar-refractivity contribution in [1.82, 2.24) is 9.47 Å². The number of thiocarbonyl (C=S) groups is 1. The number of aromatic nitrogens is 1. The molecule has 9 heteroatoms. The summed E-state index contributed by atoms with van der Waals surface area (Å²) in [6.45, 7) is 12.4. The number of amides is 1. The van der Waals surface area contributed by atoms with Gasteiger partial charge in [0.1, 0.15) is 21.8 Å². The van der Waals surface area contributed by atoms with Gasteiger partial charge in [-0.1, -0.05) is 82.2 Å². The van der Waals surface area contributed by atoms with Crippen LogP contribution in [0.3, 0.4) is 0 Å². The molecule has 0 bridgehead atoms. The third-order valence-corrected chi connectivity index (χ3v) is 9.51. The third kappa shape index (κ3) is 6.70. The number of unbranched alkanes of at least 4 members (excludes halogenated alkanes) is 1. The number of pyridine rings is 1. The van der Waals surface area contributed by atoms with Crippen molar-refractivity contribution in [3.8, 4) is 6.07 Å². The van der Waals surface area contributed by atoms with Crippen LogP contribution in [-0.2, 0) is 11.3 Å². The summed E-state index contributed by atoms with van der Waals surface area (Å²) < 4.78 is 2.32.